The highest BCUT2D eigenvalue weighted by Crippen LogP contribution is 2.26. The summed E-state index contributed by atoms with van der Waals surface area (Å²) in [6.07, 6.45) is 2.11. The Morgan fingerprint density at radius 2 is 2.21 bits per heavy atom. The quantitative estimate of drug-likeness (QED) is 0.894. The van der Waals surface area contributed by atoms with E-state index in [1.54, 1.807) is 0 Å². The Morgan fingerprint density at radius 1 is 1.47 bits per heavy atom. The van der Waals surface area contributed by atoms with Crippen molar-refractivity contribution >= 4 is 22.4 Å². The first-order valence-corrected chi connectivity index (χ1v) is 7.40. The van der Waals surface area contributed by atoms with Crippen LogP contribution in [-0.4, -0.2) is 46.3 Å². The third-order valence-corrected chi connectivity index (χ3v) is 4.43. The first-order chi connectivity index (χ1) is 9.08. The first-order valence-electron chi connectivity index (χ1n) is 6.58. The lowest BCUT2D eigenvalue weighted by atomic mass is 9.95. The monoisotopic (exact) mass is 284 g/mol. The number of carbonyl (C=O) groups excluding carboxylic acids is 1. The number of nitrogen functional groups attached to an aromatic ring is 1. The number of carbonyl (C=O) groups is 1. The summed E-state index contributed by atoms with van der Waals surface area (Å²) >= 11 is 1.27. The summed E-state index contributed by atoms with van der Waals surface area (Å²) in [5.41, 5.74) is 5.33. The Labute approximate surface area is 116 Å². The molecule has 1 aromatic heterocycles. The van der Waals surface area contributed by atoms with Crippen LogP contribution >= 0.6 is 11.3 Å². The molecule has 19 heavy (non-hydrogen) atoms. The van der Waals surface area contributed by atoms with Gasteiger partial charge >= 0.3 is 0 Å². The second-order valence-electron chi connectivity index (χ2n) is 4.76. The van der Waals surface area contributed by atoms with Crippen molar-refractivity contribution in [2.75, 3.05) is 25.4 Å². The van der Waals surface area contributed by atoms with Gasteiger partial charge in [-0.1, -0.05) is 25.2 Å². The maximum atomic E-state index is 12.3. The van der Waals surface area contributed by atoms with Crippen molar-refractivity contribution < 1.29 is 9.53 Å². The molecule has 1 amide bonds. The van der Waals surface area contributed by atoms with Crippen molar-refractivity contribution in [1.29, 1.82) is 0 Å². The molecule has 2 heterocycles. The Kier molecular flexibility index (Phi) is 4.36. The number of rotatable bonds is 4. The van der Waals surface area contributed by atoms with Crippen molar-refractivity contribution in [2.24, 2.45) is 0 Å². The summed E-state index contributed by atoms with van der Waals surface area (Å²) in [6.45, 7) is 6.11. The van der Waals surface area contributed by atoms with Gasteiger partial charge < -0.3 is 15.4 Å². The number of nitrogens with two attached hydrogens (primary N) is 1. The molecule has 0 bridgehead atoms. The zero-order chi connectivity index (χ0) is 13.9. The van der Waals surface area contributed by atoms with E-state index in [0.29, 0.717) is 29.8 Å². The molecule has 1 aliphatic heterocycles. The normalized spacial score (nSPS) is 18.5. The molecular formula is C12H20N4O2S. The highest BCUT2D eigenvalue weighted by atomic mass is 32.1. The van der Waals surface area contributed by atoms with E-state index in [9.17, 15) is 4.79 Å². The van der Waals surface area contributed by atoms with Crippen LogP contribution in [0.15, 0.2) is 0 Å². The fourth-order valence-electron chi connectivity index (χ4n) is 2.31. The number of hydrogen-bond acceptors (Lipinski definition) is 6. The van der Waals surface area contributed by atoms with Gasteiger partial charge in [-0.15, -0.1) is 10.2 Å². The van der Waals surface area contributed by atoms with Crippen LogP contribution in [0.5, 0.6) is 0 Å². The molecule has 6 nitrogen and oxygen atoms in total. The molecule has 1 aliphatic rings. The van der Waals surface area contributed by atoms with Crippen LogP contribution in [-0.2, 0) is 16.0 Å². The van der Waals surface area contributed by atoms with E-state index in [1.165, 1.54) is 11.3 Å². The molecule has 106 valence electrons. The predicted octanol–water partition coefficient (Wildman–Crippen LogP) is 1.08. The Balaban J connectivity index is 1.99. The van der Waals surface area contributed by atoms with Gasteiger partial charge in [-0.25, -0.2) is 0 Å². The highest BCUT2D eigenvalue weighted by Gasteiger charge is 2.35. The fraction of sp³-hybridized carbons (Fsp3) is 0.750. The lowest BCUT2D eigenvalue weighted by molar-refractivity contribution is -0.151. The van der Waals surface area contributed by atoms with Gasteiger partial charge in [0.25, 0.3) is 0 Å². The van der Waals surface area contributed by atoms with Crippen molar-refractivity contribution in [3.63, 3.8) is 0 Å². The van der Waals surface area contributed by atoms with E-state index in [-0.39, 0.29) is 17.9 Å². The summed E-state index contributed by atoms with van der Waals surface area (Å²) in [5.74, 6) is 0.0747. The number of aromatic nitrogens is 2. The van der Waals surface area contributed by atoms with Gasteiger partial charge in [0.1, 0.15) is 5.01 Å². The number of hydrogen-bond donors (Lipinski definition) is 1. The topological polar surface area (TPSA) is 81.3 Å². The molecule has 0 unspecified atom stereocenters. The average molecular weight is 284 g/mol. The van der Waals surface area contributed by atoms with Crippen LogP contribution in [0.4, 0.5) is 5.13 Å². The summed E-state index contributed by atoms with van der Waals surface area (Å²) in [4.78, 5) is 14.1. The van der Waals surface area contributed by atoms with Crippen LogP contribution in [0.25, 0.3) is 0 Å². The average Bonchev–Trinajstić information content (AvgIpc) is 2.84. The minimum absolute atomic E-state index is 0.0747. The summed E-state index contributed by atoms with van der Waals surface area (Å²) in [7, 11) is 0. The van der Waals surface area contributed by atoms with Gasteiger partial charge in [0.05, 0.1) is 18.6 Å². The van der Waals surface area contributed by atoms with E-state index >= 15 is 0 Å². The number of anilines is 1. The van der Waals surface area contributed by atoms with E-state index in [2.05, 4.69) is 24.0 Å². The number of morpholine rings is 1. The van der Waals surface area contributed by atoms with Gasteiger partial charge in [-0.05, 0) is 12.8 Å². The standard InChI is InChI=1S/C12H20N4O2S/c1-3-12(4-2)8-16(5-6-18-12)10(17)7-9-14-15-11(13)19-9/h3-8H2,1-2H3,(H2,13,15). The molecule has 1 aromatic rings. The minimum Gasteiger partial charge on any atom is -0.374 e. The molecular weight excluding hydrogens is 264 g/mol. The smallest absolute Gasteiger partial charge is 0.229 e. The second kappa shape index (κ2) is 5.83. The molecule has 0 spiro atoms. The zero-order valence-electron chi connectivity index (χ0n) is 11.4. The van der Waals surface area contributed by atoms with E-state index in [1.807, 2.05) is 4.90 Å². The van der Waals surface area contributed by atoms with Crippen LogP contribution in [0.1, 0.15) is 31.7 Å². The largest absolute Gasteiger partial charge is 0.374 e. The van der Waals surface area contributed by atoms with Crippen LogP contribution in [0.2, 0.25) is 0 Å². The molecule has 2 rings (SSSR count). The van der Waals surface area contributed by atoms with E-state index in [4.69, 9.17) is 10.5 Å². The van der Waals surface area contributed by atoms with E-state index in [0.717, 1.165) is 12.8 Å². The maximum absolute atomic E-state index is 12.3. The van der Waals surface area contributed by atoms with Crippen molar-refractivity contribution in [2.45, 2.75) is 38.7 Å². The molecule has 2 N–H and O–H groups in total. The van der Waals surface area contributed by atoms with Crippen LogP contribution < -0.4 is 5.73 Å². The third kappa shape index (κ3) is 3.22. The molecule has 0 radical (unpaired) electrons. The zero-order valence-corrected chi connectivity index (χ0v) is 12.2. The lowest BCUT2D eigenvalue weighted by Crippen LogP contribution is -2.53. The van der Waals surface area contributed by atoms with Crippen molar-refractivity contribution in [1.82, 2.24) is 15.1 Å². The van der Waals surface area contributed by atoms with E-state index < -0.39 is 0 Å². The molecule has 1 saturated heterocycles. The van der Waals surface area contributed by atoms with Crippen molar-refractivity contribution in [3.05, 3.63) is 5.01 Å². The van der Waals surface area contributed by atoms with Gasteiger partial charge in [0.2, 0.25) is 11.0 Å². The molecule has 1 fully saturated rings. The van der Waals surface area contributed by atoms with Gasteiger partial charge in [0, 0.05) is 13.1 Å². The molecule has 0 aromatic carbocycles. The molecule has 0 saturated carbocycles. The summed E-state index contributed by atoms with van der Waals surface area (Å²) < 4.78 is 5.86. The molecule has 0 atom stereocenters. The minimum atomic E-state index is -0.186. The van der Waals surface area contributed by atoms with Crippen LogP contribution in [0.3, 0.4) is 0 Å². The van der Waals surface area contributed by atoms with Crippen molar-refractivity contribution in [3.8, 4) is 0 Å². The Hall–Kier alpha value is -1.21. The maximum Gasteiger partial charge on any atom is 0.229 e. The van der Waals surface area contributed by atoms with Gasteiger partial charge in [-0.3, -0.25) is 4.79 Å². The number of ether oxygens (including phenoxy) is 1. The second-order valence-corrected chi connectivity index (χ2v) is 5.86. The Bertz CT molecular complexity index is 445. The third-order valence-electron chi connectivity index (χ3n) is 3.67. The molecule has 0 aliphatic carbocycles. The molecule has 7 heteroatoms. The summed E-state index contributed by atoms with van der Waals surface area (Å²) in [5, 5.41) is 8.70. The van der Waals surface area contributed by atoms with Crippen LogP contribution in [0, 0.1) is 0 Å². The Morgan fingerprint density at radius 3 is 2.79 bits per heavy atom. The number of nitrogens with zero attached hydrogens (tertiary/aromatic N) is 3. The van der Waals surface area contributed by atoms with Gasteiger partial charge in [0.15, 0.2) is 0 Å². The predicted molar refractivity (Wildman–Crippen MR) is 73.9 cm³/mol. The lowest BCUT2D eigenvalue weighted by Gasteiger charge is -2.42. The fourth-order valence-corrected chi connectivity index (χ4v) is 2.92. The van der Waals surface area contributed by atoms with Gasteiger partial charge in [-0.2, -0.15) is 0 Å². The number of amides is 1. The first kappa shape index (κ1) is 14.2. The highest BCUT2D eigenvalue weighted by molar-refractivity contribution is 7.15. The summed E-state index contributed by atoms with van der Waals surface area (Å²) in [6, 6.07) is 0. The SMILES string of the molecule is CCC1(CC)CN(C(=O)Cc2nnc(N)s2)CCO1.